The molecular formula is C17H26N2O4S. The number of ether oxygens (including phenoxy) is 1. The van der Waals surface area contributed by atoms with Crippen LogP contribution in [0.5, 0.6) is 5.75 Å². The molecule has 6 nitrogen and oxygen atoms in total. The van der Waals surface area contributed by atoms with E-state index in [2.05, 4.69) is 4.72 Å². The van der Waals surface area contributed by atoms with Crippen LogP contribution < -0.4 is 9.46 Å². The highest BCUT2D eigenvalue weighted by Gasteiger charge is 2.39. The van der Waals surface area contributed by atoms with Crippen molar-refractivity contribution in [2.45, 2.75) is 43.1 Å². The standard InChI is InChI=1S/C17H26N2O4S/c20-15(13-23-16-8-2-1-3-9-16)10-19-11-17(12-19)24(21,22)18-14-6-4-5-7-14/h1-3,8-9,14-15,17-18,20H,4-7,10-13H2. The average Bonchev–Trinajstić information content (AvgIpc) is 3.01. The molecule has 1 unspecified atom stereocenters. The molecule has 0 bridgehead atoms. The molecule has 1 atom stereocenters. The first kappa shape index (κ1) is 17.7. The number of sulfonamides is 1. The number of hydrogen-bond donors (Lipinski definition) is 2. The Bertz CT molecular complexity index is 611. The van der Waals surface area contributed by atoms with Gasteiger partial charge in [-0.15, -0.1) is 0 Å². The number of rotatable bonds is 8. The number of benzene rings is 1. The van der Waals surface area contributed by atoms with Crippen molar-refractivity contribution >= 4 is 10.0 Å². The Morgan fingerprint density at radius 2 is 1.88 bits per heavy atom. The lowest BCUT2D eigenvalue weighted by atomic mass is 10.2. The second kappa shape index (κ2) is 7.82. The summed E-state index contributed by atoms with van der Waals surface area (Å²) in [5.74, 6) is 0.723. The molecule has 1 aromatic carbocycles. The Hall–Kier alpha value is -1.15. The third-order valence-electron chi connectivity index (χ3n) is 4.70. The molecule has 0 amide bonds. The van der Waals surface area contributed by atoms with Gasteiger partial charge in [0, 0.05) is 25.7 Å². The maximum atomic E-state index is 12.3. The molecule has 24 heavy (non-hydrogen) atoms. The summed E-state index contributed by atoms with van der Waals surface area (Å²) >= 11 is 0. The first-order valence-corrected chi connectivity index (χ1v) is 10.2. The highest BCUT2D eigenvalue weighted by molar-refractivity contribution is 7.90. The number of β-amino-alcohol motifs (C(OH)–C–C–N with tert-alkyl or cyclic N) is 1. The minimum atomic E-state index is -3.24. The third-order valence-corrected chi connectivity index (χ3v) is 6.54. The second-order valence-corrected chi connectivity index (χ2v) is 8.76. The van der Waals surface area contributed by atoms with Crippen LogP contribution in [0.3, 0.4) is 0 Å². The molecule has 0 radical (unpaired) electrons. The predicted molar refractivity (Wildman–Crippen MR) is 92.5 cm³/mol. The summed E-state index contributed by atoms with van der Waals surface area (Å²) in [5, 5.41) is 9.67. The zero-order chi connectivity index (χ0) is 17.0. The van der Waals surface area contributed by atoms with Gasteiger partial charge in [-0.05, 0) is 25.0 Å². The maximum absolute atomic E-state index is 12.3. The fourth-order valence-corrected chi connectivity index (χ4v) is 5.01. The van der Waals surface area contributed by atoms with E-state index in [0.29, 0.717) is 19.6 Å². The van der Waals surface area contributed by atoms with E-state index in [1.807, 2.05) is 35.2 Å². The van der Waals surface area contributed by atoms with E-state index in [-0.39, 0.29) is 17.9 Å². The number of nitrogens with zero attached hydrogens (tertiary/aromatic N) is 1. The van der Waals surface area contributed by atoms with Crippen LogP contribution >= 0.6 is 0 Å². The van der Waals surface area contributed by atoms with Crippen molar-refractivity contribution in [2.75, 3.05) is 26.2 Å². The molecule has 134 valence electrons. The minimum Gasteiger partial charge on any atom is -0.491 e. The molecule has 3 rings (SSSR count). The van der Waals surface area contributed by atoms with Crippen molar-refractivity contribution in [1.82, 2.24) is 9.62 Å². The number of nitrogens with one attached hydrogen (secondary N) is 1. The van der Waals surface area contributed by atoms with Gasteiger partial charge in [-0.2, -0.15) is 0 Å². The summed E-state index contributed by atoms with van der Waals surface area (Å²) in [4.78, 5) is 1.96. The first-order valence-electron chi connectivity index (χ1n) is 8.62. The normalized spacial score (nSPS) is 21.5. The highest BCUT2D eigenvalue weighted by atomic mass is 32.2. The van der Waals surface area contributed by atoms with Crippen molar-refractivity contribution in [3.63, 3.8) is 0 Å². The van der Waals surface area contributed by atoms with Gasteiger partial charge < -0.3 is 9.84 Å². The van der Waals surface area contributed by atoms with E-state index in [1.165, 1.54) is 0 Å². The first-order chi connectivity index (χ1) is 11.5. The van der Waals surface area contributed by atoms with Crippen LogP contribution in [0.2, 0.25) is 0 Å². The summed E-state index contributed by atoms with van der Waals surface area (Å²) in [6.45, 7) is 1.59. The second-order valence-electron chi connectivity index (χ2n) is 6.76. The number of para-hydroxylation sites is 1. The van der Waals surface area contributed by atoms with Crippen LogP contribution in [0.4, 0.5) is 0 Å². The smallest absolute Gasteiger partial charge is 0.217 e. The van der Waals surface area contributed by atoms with E-state index in [1.54, 1.807) is 0 Å². The lowest BCUT2D eigenvalue weighted by Gasteiger charge is -2.39. The van der Waals surface area contributed by atoms with Gasteiger partial charge in [-0.25, -0.2) is 13.1 Å². The Morgan fingerprint density at radius 1 is 1.21 bits per heavy atom. The van der Waals surface area contributed by atoms with Crippen LogP contribution in [-0.4, -0.2) is 62.1 Å². The Labute approximate surface area is 143 Å². The van der Waals surface area contributed by atoms with Crippen molar-refractivity contribution in [1.29, 1.82) is 0 Å². The Morgan fingerprint density at radius 3 is 2.54 bits per heavy atom. The fraction of sp³-hybridized carbons (Fsp3) is 0.647. The van der Waals surface area contributed by atoms with Gasteiger partial charge in [0.05, 0.1) is 0 Å². The van der Waals surface area contributed by atoms with E-state index in [4.69, 9.17) is 4.74 Å². The molecule has 1 aliphatic heterocycles. The van der Waals surface area contributed by atoms with E-state index in [0.717, 1.165) is 31.4 Å². The monoisotopic (exact) mass is 354 g/mol. The van der Waals surface area contributed by atoms with Gasteiger partial charge in [0.25, 0.3) is 0 Å². The van der Waals surface area contributed by atoms with Gasteiger partial charge in [0.15, 0.2) is 0 Å². The van der Waals surface area contributed by atoms with Gasteiger partial charge in [-0.1, -0.05) is 31.0 Å². The van der Waals surface area contributed by atoms with Crippen LogP contribution in [0.15, 0.2) is 30.3 Å². The molecule has 0 aromatic heterocycles. The molecule has 1 heterocycles. The zero-order valence-electron chi connectivity index (χ0n) is 13.8. The van der Waals surface area contributed by atoms with Crippen LogP contribution in [0.1, 0.15) is 25.7 Å². The molecule has 2 fully saturated rings. The van der Waals surface area contributed by atoms with Crippen molar-refractivity contribution in [3.05, 3.63) is 30.3 Å². The summed E-state index contributed by atoms with van der Waals surface area (Å²) < 4.78 is 32.9. The van der Waals surface area contributed by atoms with Crippen molar-refractivity contribution < 1.29 is 18.3 Å². The Kier molecular flexibility index (Phi) is 5.76. The Balaban J connectivity index is 1.36. The summed E-state index contributed by atoms with van der Waals surface area (Å²) in [7, 11) is -3.24. The minimum absolute atomic E-state index is 0.119. The quantitative estimate of drug-likeness (QED) is 0.727. The summed E-state index contributed by atoms with van der Waals surface area (Å²) in [5.41, 5.74) is 0. The van der Waals surface area contributed by atoms with Crippen LogP contribution in [0, 0.1) is 0 Å². The van der Waals surface area contributed by atoms with Gasteiger partial charge in [0.1, 0.15) is 23.7 Å². The maximum Gasteiger partial charge on any atom is 0.217 e. The van der Waals surface area contributed by atoms with Crippen LogP contribution in [0.25, 0.3) is 0 Å². The van der Waals surface area contributed by atoms with Crippen molar-refractivity contribution in [3.8, 4) is 5.75 Å². The predicted octanol–water partition coefficient (Wildman–Crippen LogP) is 0.972. The van der Waals surface area contributed by atoms with E-state index in [9.17, 15) is 13.5 Å². The van der Waals surface area contributed by atoms with E-state index < -0.39 is 16.1 Å². The summed E-state index contributed by atoms with van der Waals surface area (Å²) in [6, 6.07) is 9.47. The fourth-order valence-electron chi connectivity index (χ4n) is 3.30. The molecule has 1 saturated heterocycles. The van der Waals surface area contributed by atoms with Gasteiger partial charge in [-0.3, -0.25) is 4.90 Å². The van der Waals surface area contributed by atoms with Crippen molar-refractivity contribution in [2.24, 2.45) is 0 Å². The topological polar surface area (TPSA) is 78.9 Å². The van der Waals surface area contributed by atoms with E-state index >= 15 is 0 Å². The van der Waals surface area contributed by atoms with Gasteiger partial charge in [0.2, 0.25) is 10.0 Å². The molecule has 1 aliphatic carbocycles. The number of aliphatic hydroxyl groups excluding tert-OH is 1. The number of hydrogen-bond acceptors (Lipinski definition) is 5. The van der Waals surface area contributed by atoms with Crippen LogP contribution in [-0.2, 0) is 10.0 Å². The molecule has 0 spiro atoms. The molecule has 7 heteroatoms. The molecule has 1 aromatic rings. The number of likely N-dealkylation sites (tertiary alicyclic amines) is 1. The lowest BCUT2D eigenvalue weighted by molar-refractivity contribution is 0.0479. The molecular weight excluding hydrogens is 328 g/mol. The largest absolute Gasteiger partial charge is 0.491 e. The third kappa shape index (κ3) is 4.69. The summed E-state index contributed by atoms with van der Waals surface area (Å²) in [6.07, 6.45) is 3.49. The highest BCUT2D eigenvalue weighted by Crippen LogP contribution is 2.22. The lowest BCUT2D eigenvalue weighted by Crippen LogP contribution is -2.60. The SMILES string of the molecule is O=S(=O)(NC1CCCC1)C1CN(CC(O)COc2ccccc2)C1. The number of aliphatic hydroxyl groups is 1. The zero-order valence-corrected chi connectivity index (χ0v) is 14.6. The average molecular weight is 354 g/mol. The van der Waals surface area contributed by atoms with Gasteiger partial charge >= 0.3 is 0 Å². The molecule has 1 saturated carbocycles. The molecule has 2 aliphatic rings. The molecule has 2 N–H and O–H groups in total.